The van der Waals surface area contributed by atoms with Crippen LogP contribution in [-0.2, 0) is 10.3 Å². The summed E-state index contributed by atoms with van der Waals surface area (Å²) in [5, 5.41) is 0. The molecule has 7 nitrogen and oxygen atoms in total. The van der Waals surface area contributed by atoms with E-state index in [1.165, 1.54) is 0 Å². The fraction of sp³-hybridized carbons (Fsp3) is 0.364. The van der Waals surface area contributed by atoms with Gasteiger partial charge >= 0.3 is 0 Å². The molecule has 1 amide bonds. The highest BCUT2D eigenvalue weighted by molar-refractivity contribution is 5.92. The van der Waals surface area contributed by atoms with Gasteiger partial charge in [-0.2, -0.15) is 0 Å². The Kier molecular flexibility index (Phi) is 4.20. The highest BCUT2D eigenvalue weighted by atomic mass is 16.5. The predicted octanol–water partition coefficient (Wildman–Crippen LogP) is 2.98. The number of amides is 1. The highest BCUT2D eigenvalue weighted by Gasteiger charge is 2.51. The average molecular weight is 392 g/mol. The van der Waals surface area contributed by atoms with Gasteiger partial charge in [-0.05, 0) is 49.7 Å². The van der Waals surface area contributed by atoms with Crippen molar-refractivity contribution in [1.82, 2.24) is 14.5 Å². The zero-order valence-corrected chi connectivity index (χ0v) is 16.7. The summed E-state index contributed by atoms with van der Waals surface area (Å²) in [4.78, 5) is 22.0. The van der Waals surface area contributed by atoms with Crippen molar-refractivity contribution >= 4 is 11.6 Å². The number of aryl methyl sites for hydroxylation is 1. The first kappa shape index (κ1) is 18.0. The Morgan fingerprint density at radius 3 is 2.97 bits per heavy atom. The molecule has 5 rings (SSSR count). The lowest BCUT2D eigenvalue weighted by Crippen LogP contribution is -2.53. The van der Waals surface area contributed by atoms with Crippen LogP contribution in [0, 0.1) is 6.92 Å². The lowest BCUT2D eigenvalue weighted by atomic mass is 9.89. The van der Waals surface area contributed by atoms with Gasteiger partial charge in [-0.25, -0.2) is 4.98 Å². The minimum Gasteiger partial charge on any atom is -0.456 e. The number of carbonyl (C=O) groups is 1. The minimum absolute atomic E-state index is 0.0586. The SMILES string of the molecule is COCCN1c2cccnc2-n2cccc2[C@]12CCN(C(=O)c1ccc(C)o1)C2. The zero-order valence-electron chi connectivity index (χ0n) is 16.7. The maximum absolute atomic E-state index is 13.1. The molecule has 5 heterocycles. The van der Waals surface area contributed by atoms with E-state index in [4.69, 9.17) is 9.15 Å². The summed E-state index contributed by atoms with van der Waals surface area (Å²) in [7, 11) is 1.72. The molecular weight excluding hydrogens is 368 g/mol. The van der Waals surface area contributed by atoms with Crippen LogP contribution in [0.1, 0.15) is 28.4 Å². The quantitative estimate of drug-likeness (QED) is 0.683. The second-order valence-corrected chi connectivity index (χ2v) is 7.67. The van der Waals surface area contributed by atoms with Gasteiger partial charge in [0, 0.05) is 32.6 Å². The van der Waals surface area contributed by atoms with Crippen molar-refractivity contribution < 1.29 is 13.9 Å². The number of ether oxygens (including phenoxy) is 1. The van der Waals surface area contributed by atoms with Gasteiger partial charge in [0.05, 0.1) is 24.5 Å². The fourth-order valence-electron chi connectivity index (χ4n) is 4.72. The van der Waals surface area contributed by atoms with E-state index in [9.17, 15) is 4.79 Å². The number of likely N-dealkylation sites (tertiary alicyclic amines) is 1. The van der Waals surface area contributed by atoms with Crippen molar-refractivity contribution in [1.29, 1.82) is 0 Å². The third-order valence-corrected chi connectivity index (χ3v) is 6.03. The summed E-state index contributed by atoms with van der Waals surface area (Å²) >= 11 is 0. The van der Waals surface area contributed by atoms with Crippen molar-refractivity contribution in [2.24, 2.45) is 0 Å². The average Bonchev–Trinajstić information content (AvgIpc) is 3.48. The van der Waals surface area contributed by atoms with Crippen molar-refractivity contribution in [3.63, 3.8) is 0 Å². The fourth-order valence-corrected chi connectivity index (χ4v) is 4.72. The number of carbonyl (C=O) groups excluding carboxylic acids is 1. The van der Waals surface area contributed by atoms with E-state index in [0.29, 0.717) is 25.5 Å². The Hall–Kier alpha value is -3.06. The highest BCUT2D eigenvalue weighted by Crippen LogP contribution is 2.47. The standard InChI is InChI=1S/C22H24N4O3/c1-16-7-8-18(29-16)21(27)24-12-9-22(15-24)19-6-4-11-25(19)20-17(5-3-10-23-20)26(22)13-14-28-2/h3-8,10-11H,9,12-15H2,1-2H3/t22-/m1/s1. The smallest absolute Gasteiger partial charge is 0.289 e. The van der Waals surface area contributed by atoms with Crippen LogP contribution < -0.4 is 4.90 Å². The van der Waals surface area contributed by atoms with E-state index in [2.05, 4.69) is 38.8 Å². The van der Waals surface area contributed by atoms with Crippen LogP contribution in [0.2, 0.25) is 0 Å². The number of hydrogen-bond acceptors (Lipinski definition) is 5. The number of rotatable bonds is 4. The molecule has 1 fully saturated rings. The molecule has 150 valence electrons. The topological polar surface area (TPSA) is 63.7 Å². The molecule has 0 saturated carbocycles. The number of hydrogen-bond donors (Lipinski definition) is 0. The first-order valence-electron chi connectivity index (χ1n) is 9.89. The second kappa shape index (κ2) is 6.77. The van der Waals surface area contributed by atoms with Gasteiger partial charge in [0.2, 0.25) is 0 Å². The van der Waals surface area contributed by atoms with E-state index >= 15 is 0 Å². The number of aromatic nitrogens is 2. The van der Waals surface area contributed by atoms with E-state index < -0.39 is 0 Å². The number of fused-ring (bicyclic) bond motifs is 4. The molecular formula is C22H24N4O3. The molecule has 29 heavy (non-hydrogen) atoms. The number of pyridine rings is 1. The maximum Gasteiger partial charge on any atom is 0.289 e. The van der Waals surface area contributed by atoms with Gasteiger partial charge in [-0.1, -0.05) is 0 Å². The molecule has 1 saturated heterocycles. The Balaban J connectivity index is 1.56. The van der Waals surface area contributed by atoms with Crippen molar-refractivity contribution in [2.75, 3.05) is 38.3 Å². The molecule has 1 spiro atoms. The van der Waals surface area contributed by atoms with Crippen molar-refractivity contribution in [3.05, 3.63) is 66.0 Å². The molecule has 2 aliphatic rings. The normalized spacial score (nSPS) is 20.2. The van der Waals surface area contributed by atoms with Crippen molar-refractivity contribution in [3.8, 4) is 5.82 Å². The van der Waals surface area contributed by atoms with Gasteiger partial charge in [0.1, 0.15) is 11.3 Å². The van der Waals surface area contributed by atoms with Gasteiger partial charge in [-0.3, -0.25) is 4.79 Å². The van der Waals surface area contributed by atoms with Crippen LogP contribution >= 0.6 is 0 Å². The van der Waals surface area contributed by atoms with Gasteiger partial charge in [0.25, 0.3) is 5.91 Å². The molecule has 0 unspecified atom stereocenters. The van der Waals surface area contributed by atoms with E-state index in [0.717, 1.165) is 35.9 Å². The molecule has 0 aliphatic carbocycles. The first-order chi connectivity index (χ1) is 14.1. The van der Waals surface area contributed by atoms with Crippen LogP contribution in [0.15, 0.2) is 53.2 Å². The van der Waals surface area contributed by atoms with Crippen LogP contribution in [0.4, 0.5) is 5.69 Å². The lowest BCUT2D eigenvalue weighted by Gasteiger charge is -2.47. The third kappa shape index (κ3) is 2.68. The van der Waals surface area contributed by atoms with Crippen LogP contribution in [0.5, 0.6) is 0 Å². The number of methoxy groups -OCH3 is 1. The molecule has 0 aromatic carbocycles. The molecule has 2 aliphatic heterocycles. The number of anilines is 1. The summed E-state index contributed by atoms with van der Waals surface area (Å²) in [6.45, 7) is 4.44. The largest absolute Gasteiger partial charge is 0.456 e. The Morgan fingerprint density at radius 1 is 1.28 bits per heavy atom. The van der Waals surface area contributed by atoms with Crippen molar-refractivity contribution in [2.45, 2.75) is 18.9 Å². The number of nitrogens with zero attached hydrogens (tertiary/aromatic N) is 4. The maximum atomic E-state index is 13.1. The van der Waals surface area contributed by atoms with Crippen LogP contribution in [0.25, 0.3) is 5.82 Å². The van der Waals surface area contributed by atoms with Gasteiger partial charge in [-0.15, -0.1) is 0 Å². The zero-order chi connectivity index (χ0) is 20.0. The van der Waals surface area contributed by atoms with E-state index in [1.54, 1.807) is 13.2 Å². The molecule has 3 aromatic heterocycles. The molecule has 0 bridgehead atoms. The third-order valence-electron chi connectivity index (χ3n) is 6.03. The first-order valence-corrected chi connectivity index (χ1v) is 9.89. The summed E-state index contributed by atoms with van der Waals surface area (Å²) in [6, 6.07) is 11.8. The molecule has 3 aromatic rings. The van der Waals surface area contributed by atoms with Crippen LogP contribution in [0.3, 0.4) is 0 Å². The minimum atomic E-state index is -0.324. The summed E-state index contributed by atoms with van der Waals surface area (Å²) in [5.74, 6) is 2.00. The monoisotopic (exact) mass is 392 g/mol. The Labute approximate surface area is 169 Å². The molecule has 7 heteroatoms. The summed E-state index contributed by atoms with van der Waals surface area (Å²) < 4.78 is 13.2. The number of furan rings is 1. The summed E-state index contributed by atoms with van der Waals surface area (Å²) in [6.07, 6.45) is 4.70. The summed E-state index contributed by atoms with van der Waals surface area (Å²) in [5.41, 5.74) is 1.90. The van der Waals surface area contributed by atoms with Gasteiger partial charge < -0.3 is 23.5 Å². The van der Waals surface area contributed by atoms with E-state index in [1.807, 2.05) is 30.2 Å². The van der Waals surface area contributed by atoms with Gasteiger partial charge in [0.15, 0.2) is 11.6 Å². The predicted molar refractivity (Wildman–Crippen MR) is 108 cm³/mol. The Bertz CT molecular complexity index is 1060. The second-order valence-electron chi connectivity index (χ2n) is 7.67. The van der Waals surface area contributed by atoms with Crippen LogP contribution in [-0.4, -0.2) is 53.7 Å². The molecule has 0 radical (unpaired) electrons. The van der Waals surface area contributed by atoms with E-state index in [-0.39, 0.29) is 11.4 Å². The lowest BCUT2D eigenvalue weighted by molar-refractivity contribution is 0.0748. The Morgan fingerprint density at radius 2 is 2.17 bits per heavy atom. The molecule has 0 N–H and O–H groups in total. The molecule has 1 atom stereocenters.